The van der Waals surface area contributed by atoms with Gasteiger partial charge in [0.2, 0.25) is 0 Å². The number of hydrogen-bond acceptors (Lipinski definition) is 4. The third-order valence-corrected chi connectivity index (χ3v) is 4.44. The van der Waals surface area contributed by atoms with Crippen molar-refractivity contribution in [2.75, 3.05) is 0 Å². The van der Waals surface area contributed by atoms with E-state index < -0.39 is 10.0 Å². The molecule has 0 saturated heterocycles. The van der Waals surface area contributed by atoms with E-state index in [1.165, 1.54) is 30.5 Å². The van der Waals surface area contributed by atoms with Crippen molar-refractivity contribution in [2.45, 2.75) is 4.90 Å². The van der Waals surface area contributed by atoms with Gasteiger partial charge in [0.15, 0.2) is 0 Å². The Kier molecular flexibility index (Phi) is 4.72. The van der Waals surface area contributed by atoms with E-state index in [9.17, 15) is 13.5 Å². The topological polar surface area (TPSA) is 78.8 Å². The number of nitrogens with zero attached hydrogens (tertiary/aromatic N) is 1. The summed E-state index contributed by atoms with van der Waals surface area (Å²) in [5, 5.41) is 13.4. The van der Waals surface area contributed by atoms with Crippen LogP contribution >= 0.6 is 23.2 Å². The molecule has 5 nitrogen and oxygen atoms in total. The molecule has 2 rings (SSSR count). The number of nitrogens with one attached hydrogen (secondary N) is 1. The Morgan fingerprint density at radius 1 is 1.14 bits per heavy atom. The largest absolute Gasteiger partial charge is 0.507 e. The van der Waals surface area contributed by atoms with Crippen LogP contribution in [0, 0.1) is 0 Å². The van der Waals surface area contributed by atoms with Crippen molar-refractivity contribution in [1.29, 1.82) is 0 Å². The molecule has 2 N–H and O–H groups in total. The Morgan fingerprint density at radius 2 is 1.86 bits per heavy atom. The minimum atomic E-state index is -3.94. The summed E-state index contributed by atoms with van der Waals surface area (Å²) >= 11 is 11.6. The fourth-order valence-electron chi connectivity index (χ4n) is 1.49. The number of aromatic hydroxyl groups is 1. The van der Waals surface area contributed by atoms with Gasteiger partial charge in [0, 0.05) is 10.6 Å². The Labute approximate surface area is 131 Å². The van der Waals surface area contributed by atoms with Gasteiger partial charge in [0.1, 0.15) is 10.6 Å². The lowest BCUT2D eigenvalue weighted by molar-refractivity contribution is 0.474. The molecule has 0 aromatic heterocycles. The summed E-state index contributed by atoms with van der Waals surface area (Å²) in [4.78, 5) is 1.83. The van der Waals surface area contributed by atoms with Gasteiger partial charge in [-0.1, -0.05) is 35.3 Å². The van der Waals surface area contributed by atoms with Gasteiger partial charge in [0.25, 0.3) is 10.0 Å². The molecule has 2 aromatic rings. The van der Waals surface area contributed by atoms with Crippen LogP contribution in [0.5, 0.6) is 5.75 Å². The van der Waals surface area contributed by atoms with Gasteiger partial charge >= 0.3 is 0 Å². The van der Waals surface area contributed by atoms with Gasteiger partial charge in [0.05, 0.1) is 11.2 Å². The van der Waals surface area contributed by atoms with Crippen molar-refractivity contribution in [3.63, 3.8) is 0 Å². The first-order valence-electron chi connectivity index (χ1n) is 5.68. The second-order valence-corrected chi connectivity index (χ2v) is 6.46. The summed E-state index contributed by atoms with van der Waals surface area (Å²) in [5.74, 6) is -0.0127. The quantitative estimate of drug-likeness (QED) is 0.660. The molecule has 0 unspecified atom stereocenters. The number of hydrazone groups is 1. The van der Waals surface area contributed by atoms with Crippen molar-refractivity contribution >= 4 is 39.4 Å². The molecular weight excluding hydrogens is 335 g/mol. The Bertz CT molecular complexity index is 792. The molecule has 0 heterocycles. The summed E-state index contributed by atoms with van der Waals surface area (Å²) in [6, 6.07) is 10.5. The zero-order valence-corrected chi connectivity index (χ0v) is 12.8. The second kappa shape index (κ2) is 6.34. The number of benzene rings is 2. The Hall–Kier alpha value is -1.76. The number of rotatable bonds is 4. The maximum Gasteiger partial charge on any atom is 0.278 e. The number of para-hydroxylation sites is 1. The van der Waals surface area contributed by atoms with Gasteiger partial charge < -0.3 is 5.11 Å². The average Bonchev–Trinajstić information content (AvgIpc) is 2.43. The third-order valence-electron chi connectivity index (χ3n) is 2.50. The minimum Gasteiger partial charge on any atom is -0.507 e. The van der Waals surface area contributed by atoms with Crippen LogP contribution in [0.4, 0.5) is 0 Å². The summed E-state index contributed by atoms with van der Waals surface area (Å²) in [7, 11) is -3.94. The molecule has 0 amide bonds. The summed E-state index contributed by atoms with van der Waals surface area (Å²) < 4.78 is 24.1. The lowest BCUT2D eigenvalue weighted by Crippen LogP contribution is -2.18. The minimum absolute atomic E-state index is 0.0127. The van der Waals surface area contributed by atoms with Crippen LogP contribution in [0.3, 0.4) is 0 Å². The summed E-state index contributed by atoms with van der Waals surface area (Å²) in [5.41, 5.74) is 0.373. The van der Waals surface area contributed by atoms with E-state index in [1.54, 1.807) is 18.2 Å². The van der Waals surface area contributed by atoms with E-state index >= 15 is 0 Å². The zero-order valence-electron chi connectivity index (χ0n) is 10.5. The lowest BCUT2D eigenvalue weighted by Gasteiger charge is -2.06. The van der Waals surface area contributed by atoms with Gasteiger partial charge in [-0.3, -0.25) is 0 Å². The molecule has 0 atom stereocenters. The molecule has 110 valence electrons. The van der Waals surface area contributed by atoms with E-state index in [0.717, 1.165) is 0 Å². The SMILES string of the molecule is O=S(=O)(N/N=C\c1ccccc1O)c1cc(Cl)ccc1Cl. The van der Waals surface area contributed by atoms with Gasteiger partial charge in [-0.15, -0.1) is 0 Å². The van der Waals surface area contributed by atoms with Crippen LogP contribution in [-0.4, -0.2) is 19.7 Å². The second-order valence-electron chi connectivity index (χ2n) is 3.99. The smallest absolute Gasteiger partial charge is 0.278 e. The summed E-state index contributed by atoms with van der Waals surface area (Å²) in [6.45, 7) is 0. The number of hydrogen-bond donors (Lipinski definition) is 2. The number of phenolic OH excluding ortho intramolecular Hbond substituents is 1. The highest BCUT2D eigenvalue weighted by atomic mass is 35.5. The predicted molar refractivity (Wildman–Crippen MR) is 82.5 cm³/mol. The van der Waals surface area contributed by atoms with Crippen molar-refractivity contribution in [2.24, 2.45) is 5.10 Å². The highest BCUT2D eigenvalue weighted by Crippen LogP contribution is 2.24. The van der Waals surface area contributed by atoms with Gasteiger partial charge in [-0.25, -0.2) is 4.83 Å². The summed E-state index contributed by atoms with van der Waals surface area (Å²) in [6.07, 6.45) is 1.19. The molecule has 0 radical (unpaired) electrons. The normalized spacial score (nSPS) is 11.7. The number of halogens is 2. The van der Waals surface area contributed by atoms with Crippen LogP contribution < -0.4 is 4.83 Å². The van der Waals surface area contributed by atoms with Crippen molar-refractivity contribution in [3.8, 4) is 5.75 Å². The van der Waals surface area contributed by atoms with E-state index in [4.69, 9.17) is 23.2 Å². The van der Waals surface area contributed by atoms with E-state index in [1.807, 2.05) is 4.83 Å². The van der Waals surface area contributed by atoms with E-state index in [-0.39, 0.29) is 20.7 Å². The molecule has 21 heavy (non-hydrogen) atoms. The maximum atomic E-state index is 12.0. The molecular formula is C13H10Cl2N2O3S. The Morgan fingerprint density at radius 3 is 2.57 bits per heavy atom. The van der Waals surface area contributed by atoms with Gasteiger partial charge in [-0.2, -0.15) is 13.5 Å². The van der Waals surface area contributed by atoms with Crippen LogP contribution in [0.2, 0.25) is 10.0 Å². The molecule has 0 spiro atoms. The highest BCUT2D eigenvalue weighted by molar-refractivity contribution is 7.89. The molecule has 0 fully saturated rings. The monoisotopic (exact) mass is 344 g/mol. The van der Waals surface area contributed by atoms with Crippen LogP contribution in [-0.2, 0) is 10.0 Å². The van der Waals surface area contributed by atoms with Crippen molar-refractivity contribution in [3.05, 3.63) is 58.1 Å². The molecule has 0 aliphatic rings. The first kappa shape index (κ1) is 15.6. The standard InChI is InChI=1S/C13H10Cl2N2O3S/c14-10-5-6-11(15)13(7-10)21(19,20)17-16-8-9-3-1-2-4-12(9)18/h1-8,17-18H/b16-8-. The third kappa shape index (κ3) is 3.87. The fraction of sp³-hybridized carbons (Fsp3) is 0. The van der Waals surface area contributed by atoms with Gasteiger partial charge in [-0.05, 0) is 30.3 Å². The van der Waals surface area contributed by atoms with E-state index in [2.05, 4.69) is 5.10 Å². The molecule has 0 aliphatic carbocycles. The first-order chi connectivity index (χ1) is 9.90. The molecule has 0 saturated carbocycles. The van der Waals surface area contributed by atoms with Crippen molar-refractivity contribution < 1.29 is 13.5 Å². The van der Waals surface area contributed by atoms with Crippen molar-refractivity contribution in [1.82, 2.24) is 4.83 Å². The average molecular weight is 345 g/mol. The number of sulfonamides is 1. The zero-order chi connectivity index (χ0) is 15.5. The molecule has 0 aliphatic heterocycles. The van der Waals surface area contributed by atoms with Crippen LogP contribution in [0.1, 0.15) is 5.56 Å². The lowest BCUT2D eigenvalue weighted by atomic mass is 10.2. The molecule has 8 heteroatoms. The fourth-order valence-corrected chi connectivity index (χ4v) is 3.05. The maximum absolute atomic E-state index is 12.0. The Balaban J connectivity index is 2.23. The van der Waals surface area contributed by atoms with E-state index in [0.29, 0.717) is 5.56 Å². The number of phenols is 1. The predicted octanol–water partition coefficient (Wildman–Crippen LogP) is 3.01. The molecule has 2 aromatic carbocycles. The highest BCUT2D eigenvalue weighted by Gasteiger charge is 2.17. The first-order valence-corrected chi connectivity index (χ1v) is 7.92. The van der Waals surface area contributed by atoms with Crippen LogP contribution in [0.25, 0.3) is 0 Å². The van der Waals surface area contributed by atoms with Crippen LogP contribution in [0.15, 0.2) is 52.5 Å². The molecule has 0 bridgehead atoms.